The van der Waals surface area contributed by atoms with Crippen LogP contribution in [0.25, 0.3) is 32.7 Å². The van der Waals surface area contributed by atoms with Gasteiger partial charge in [-0.25, -0.2) is 14.4 Å². The number of carbonyl (C=O) groups is 4. The molecule has 0 saturated carbocycles. The second-order valence-electron chi connectivity index (χ2n) is 13.6. The fourth-order valence-electron chi connectivity index (χ4n) is 5.11. The molecule has 61 heavy (non-hydrogen) atoms. The molecule has 15 nitrogen and oxygen atoms in total. The van der Waals surface area contributed by atoms with Gasteiger partial charge in [-0.3, -0.25) is 19.3 Å². The van der Waals surface area contributed by atoms with Crippen LogP contribution in [0.1, 0.15) is 74.4 Å². The van der Waals surface area contributed by atoms with Crippen molar-refractivity contribution in [3.63, 3.8) is 0 Å². The number of benzene rings is 3. The van der Waals surface area contributed by atoms with Gasteiger partial charge >= 0.3 is 121 Å². The number of aromatic nitrogens is 6. The molecule has 3 aromatic carbocycles. The van der Waals surface area contributed by atoms with Crippen molar-refractivity contribution in [3.05, 3.63) is 85.1 Å². The fraction of sp³-hybridized carbons (Fsp3) is 0.375. The molecule has 6 aromatic rings. The molecule has 0 unspecified atom stereocenters. The van der Waals surface area contributed by atoms with Gasteiger partial charge in [-0.15, -0.1) is 0 Å². The first kappa shape index (κ1) is 60.4. The summed E-state index contributed by atoms with van der Waals surface area (Å²) in [6.45, 7) is 14.1. The Labute approximate surface area is 480 Å². The summed E-state index contributed by atoms with van der Waals surface area (Å²) < 4.78 is 21.7. The predicted octanol–water partition coefficient (Wildman–Crippen LogP) is 3.23. The molecular formula is C40H48Br3IK2N6O9. The van der Waals surface area contributed by atoms with Crippen molar-refractivity contribution in [2.24, 2.45) is 17.8 Å². The van der Waals surface area contributed by atoms with Crippen LogP contribution in [0.2, 0.25) is 0 Å². The molecule has 0 aliphatic heterocycles. The van der Waals surface area contributed by atoms with Gasteiger partial charge in [0.15, 0.2) is 17.1 Å². The first-order chi connectivity index (χ1) is 28.0. The van der Waals surface area contributed by atoms with Gasteiger partial charge in [-0.2, -0.15) is 15.3 Å². The molecule has 0 aliphatic rings. The zero-order valence-corrected chi connectivity index (χ0v) is 49.2. The Balaban J connectivity index is 0. The van der Waals surface area contributed by atoms with Gasteiger partial charge in [0, 0.05) is 47.1 Å². The van der Waals surface area contributed by atoms with Crippen molar-refractivity contribution in [1.82, 2.24) is 29.8 Å². The second kappa shape index (κ2) is 31.3. The average Bonchev–Trinajstić information content (AvgIpc) is 3.92. The van der Waals surface area contributed by atoms with Gasteiger partial charge in [-0.1, -0.05) is 130 Å². The third kappa shape index (κ3) is 18.3. The van der Waals surface area contributed by atoms with Gasteiger partial charge in [-0.05, 0) is 54.2 Å². The van der Waals surface area contributed by atoms with Gasteiger partial charge in [0.25, 0.3) is 6.47 Å². The topological polar surface area (TPSA) is 193 Å². The molecule has 0 aliphatic carbocycles. The molecular weight excluding hydrogens is 1150 g/mol. The first-order valence-electron chi connectivity index (χ1n) is 18.0. The Morgan fingerprint density at radius 2 is 1.18 bits per heavy atom. The number of H-pyrrole nitrogens is 1. The van der Waals surface area contributed by atoms with Crippen LogP contribution < -0.4 is 108 Å². The molecule has 1 N–H and O–H groups in total. The SMILES string of the molecule is CC(C)CI.COC(=O)c1c2c(Br)cccc2nn1CC(C)C.COC(=O)c1n[nH]c2cccc(Br)c12.COC(=O)c1nn(CC(C)C)c2cccc(Br)c12.O=CO[O-].[H-].[K+].[K+]. The summed E-state index contributed by atoms with van der Waals surface area (Å²) >= 11 is 12.7. The molecule has 0 amide bonds. The third-order valence-corrected chi connectivity index (χ3v) is 11.3. The van der Waals surface area contributed by atoms with Gasteiger partial charge in [0.2, 0.25) is 0 Å². The van der Waals surface area contributed by atoms with Crippen LogP contribution in [0.4, 0.5) is 0 Å². The Hall–Kier alpha value is -0.647. The van der Waals surface area contributed by atoms with Crippen LogP contribution in [-0.2, 0) is 37.0 Å². The average molecular weight is 1200 g/mol. The third-order valence-electron chi connectivity index (χ3n) is 7.54. The number of carbonyl (C=O) groups excluding carboxylic acids is 4. The number of hydrogen-bond donors (Lipinski definition) is 1. The van der Waals surface area contributed by atoms with Crippen LogP contribution >= 0.6 is 70.4 Å². The number of nitrogens with zero attached hydrogens (tertiary/aromatic N) is 5. The summed E-state index contributed by atoms with van der Waals surface area (Å²) in [7, 11) is 4.09. The predicted molar refractivity (Wildman–Crippen MR) is 244 cm³/mol. The summed E-state index contributed by atoms with van der Waals surface area (Å²) in [6, 6.07) is 17.1. The minimum atomic E-state index is -0.442. The summed E-state index contributed by atoms with van der Waals surface area (Å²) in [4.78, 5) is 46.3. The molecule has 0 fully saturated rings. The fourth-order valence-corrected chi connectivity index (χ4v) is 6.75. The van der Waals surface area contributed by atoms with E-state index in [0.717, 1.165) is 58.6 Å². The number of hydrogen-bond acceptors (Lipinski definition) is 12. The second-order valence-corrected chi connectivity index (χ2v) is 17.0. The van der Waals surface area contributed by atoms with Crippen LogP contribution in [-0.4, -0.2) is 79.9 Å². The minimum Gasteiger partial charge on any atom is -1.00 e. The molecule has 3 aromatic heterocycles. The van der Waals surface area contributed by atoms with Gasteiger partial charge in [0.1, 0.15) is 0 Å². The summed E-state index contributed by atoms with van der Waals surface area (Å²) in [5, 5.41) is 26.3. The Bertz CT molecular complexity index is 2320. The van der Waals surface area contributed by atoms with E-state index < -0.39 is 11.9 Å². The number of aromatic amines is 1. The largest absolute Gasteiger partial charge is 1.00 e. The van der Waals surface area contributed by atoms with E-state index in [-0.39, 0.29) is 117 Å². The summed E-state index contributed by atoms with van der Waals surface area (Å²) in [5.74, 6) is 0.525. The molecule has 3 heterocycles. The maximum absolute atomic E-state index is 11.9. The van der Waals surface area contributed by atoms with E-state index >= 15 is 0 Å². The number of methoxy groups -OCH3 is 3. The molecule has 0 radical (unpaired) electrons. The molecule has 322 valence electrons. The smallest absolute Gasteiger partial charge is 1.00 e. The monoisotopic (exact) mass is 1200 g/mol. The summed E-state index contributed by atoms with van der Waals surface area (Å²) in [5.41, 5.74) is 3.72. The van der Waals surface area contributed by atoms with Gasteiger partial charge < -0.3 is 25.8 Å². The zero-order chi connectivity index (χ0) is 44.4. The number of halogens is 4. The van der Waals surface area contributed by atoms with Crippen LogP contribution in [0.5, 0.6) is 0 Å². The Kier molecular flexibility index (Phi) is 31.0. The van der Waals surface area contributed by atoms with Crippen molar-refractivity contribution in [2.45, 2.75) is 54.6 Å². The molecule has 0 saturated heterocycles. The summed E-state index contributed by atoms with van der Waals surface area (Å²) in [6.07, 6.45) is 0. The number of esters is 3. The number of rotatable bonds is 9. The normalized spacial score (nSPS) is 10.1. The quantitative estimate of drug-likeness (QED) is 0.0326. The molecule has 21 heteroatoms. The number of nitrogens with one attached hydrogen (secondary N) is 1. The van der Waals surface area contributed by atoms with Crippen molar-refractivity contribution >= 4 is 127 Å². The van der Waals surface area contributed by atoms with E-state index in [4.69, 9.17) is 19.5 Å². The Morgan fingerprint density at radius 1 is 0.721 bits per heavy atom. The van der Waals surface area contributed by atoms with Crippen molar-refractivity contribution in [3.8, 4) is 0 Å². The van der Waals surface area contributed by atoms with Crippen LogP contribution in [0.15, 0.2) is 68.0 Å². The number of alkyl halides is 1. The van der Waals surface area contributed by atoms with E-state index in [1.165, 1.54) is 25.8 Å². The molecule has 0 spiro atoms. The minimum absolute atomic E-state index is 0. The van der Waals surface area contributed by atoms with Crippen molar-refractivity contribution in [1.29, 1.82) is 0 Å². The Morgan fingerprint density at radius 3 is 1.67 bits per heavy atom. The van der Waals surface area contributed by atoms with Crippen molar-refractivity contribution in [2.75, 3.05) is 25.8 Å². The zero-order valence-electron chi connectivity index (χ0n) is 37.0. The standard InChI is InChI=1S/2C13H15BrN2O2.C9H7BrN2O2.C4H9I.CH2O3.2K.H/c1-8(2)7-16-10-6-4-5-9(14)11(10)12(15-16)13(17)18-3;1-8(2)7-16-12(13(17)18-3)11-9(14)5-4-6-10(11)15-16;1-14-9(13)8-7-5(10)3-2-4-6(7)11-12-8;1-4(2)3-5;2-1-4-3;;;/h2*4-6,8H,7H2,1-3H3;2-4H,1H3,(H,11,12);4H,3H2,1-2H3;1,3H;;;/q;;;;;2*+1;-1/p-1. The first-order valence-corrected chi connectivity index (χ1v) is 21.9. The van der Waals surface area contributed by atoms with E-state index in [1.54, 1.807) is 4.68 Å². The molecule has 0 bridgehead atoms. The number of fused-ring (bicyclic) bond motifs is 3. The van der Waals surface area contributed by atoms with E-state index in [1.807, 2.05) is 59.3 Å². The van der Waals surface area contributed by atoms with Gasteiger partial charge in [0.05, 0.1) is 37.9 Å². The maximum atomic E-state index is 11.9. The maximum Gasteiger partial charge on any atom is 1.00 e. The van der Waals surface area contributed by atoms with Crippen LogP contribution in [0, 0.1) is 17.8 Å². The number of ether oxygens (including phenoxy) is 3. The van der Waals surface area contributed by atoms with Crippen LogP contribution in [0.3, 0.4) is 0 Å². The van der Waals surface area contributed by atoms with E-state index in [0.29, 0.717) is 35.5 Å². The van der Waals surface area contributed by atoms with Crippen molar-refractivity contribution < 1.29 is 148 Å². The molecule has 0 atom stereocenters. The molecule has 6 rings (SSSR count). The van der Waals surface area contributed by atoms with E-state index in [9.17, 15) is 14.4 Å². The van der Waals surface area contributed by atoms with E-state index in [2.05, 4.69) is 142 Å².